The summed E-state index contributed by atoms with van der Waals surface area (Å²) in [6.45, 7) is 2.61. The quantitative estimate of drug-likeness (QED) is 0.894. The summed E-state index contributed by atoms with van der Waals surface area (Å²) in [5, 5.41) is 6.69. The number of fused-ring (bicyclic) bond motifs is 1. The van der Waals surface area contributed by atoms with Crippen molar-refractivity contribution in [3.05, 3.63) is 10.6 Å². The fraction of sp³-hybridized carbons (Fsp3) is 0.667. The number of aryl methyl sites for hydroxylation is 2. The van der Waals surface area contributed by atoms with Gasteiger partial charge in [-0.05, 0) is 32.7 Å². The molecule has 0 bridgehead atoms. The van der Waals surface area contributed by atoms with Gasteiger partial charge in [0.2, 0.25) is 5.91 Å². The Bertz CT molecular complexity index is 385. The van der Waals surface area contributed by atoms with E-state index in [2.05, 4.69) is 15.6 Å². The molecule has 1 aromatic rings. The zero-order valence-corrected chi connectivity index (χ0v) is 12.4. The van der Waals surface area contributed by atoms with Crippen LogP contribution in [0.4, 0.5) is 5.13 Å². The van der Waals surface area contributed by atoms with Crippen LogP contribution in [0.2, 0.25) is 0 Å². The van der Waals surface area contributed by atoms with Gasteiger partial charge in [0.05, 0.1) is 5.69 Å². The van der Waals surface area contributed by atoms with Crippen LogP contribution in [0, 0.1) is 5.92 Å². The second-order valence-electron chi connectivity index (χ2n) is 4.54. The van der Waals surface area contributed by atoms with Crippen LogP contribution < -0.4 is 10.6 Å². The van der Waals surface area contributed by atoms with Gasteiger partial charge in [-0.25, -0.2) is 4.98 Å². The molecule has 0 aromatic carbocycles. The van der Waals surface area contributed by atoms with Crippen LogP contribution in [-0.2, 0) is 17.6 Å². The van der Waals surface area contributed by atoms with Gasteiger partial charge in [-0.2, -0.15) is 0 Å². The van der Waals surface area contributed by atoms with Gasteiger partial charge in [-0.3, -0.25) is 4.79 Å². The number of thiazole rings is 1. The third kappa shape index (κ3) is 3.67. The lowest BCUT2D eigenvalue weighted by molar-refractivity contribution is -0.119. The number of hydrogen-bond donors (Lipinski definition) is 2. The van der Waals surface area contributed by atoms with E-state index >= 15 is 0 Å². The van der Waals surface area contributed by atoms with Crippen molar-refractivity contribution >= 4 is 34.8 Å². The van der Waals surface area contributed by atoms with E-state index in [0.29, 0.717) is 6.54 Å². The van der Waals surface area contributed by atoms with Crippen molar-refractivity contribution in [2.45, 2.75) is 32.6 Å². The van der Waals surface area contributed by atoms with E-state index in [1.807, 2.05) is 14.0 Å². The van der Waals surface area contributed by atoms with Crippen LogP contribution in [-0.4, -0.2) is 24.5 Å². The highest BCUT2D eigenvalue weighted by molar-refractivity contribution is 7.15. The third-order valence-electron chi connectivity index (χ3n) is 3.03. The summed E-state index contributed by atoms with van der Waals surface area (Å²) in [4.78, 5) is 17.7. The van der Waals surface area contributed by atoms with E-state index in [1.165, 1.54) is 23.4 Å². The van der Waals surface area contributed by atoms with E-state index in [0.717, 1.165) is 18.0 Å². The van der Waals surface area contributed by atoms with Crippen molar-refractivity contribution in [2.75, 3.05) is 18.9 Å². The van der Waals surface area contributed by atoms with Gasteiger partial charge < -0.3 is 10.6 Å². The van der Waals surface area contributed by atoms with Crippen LogP contribution >= 0.6 is 23.7 Å². The van der Waals surface area contributed by atoms with Crippen molar-refractivity contribution in [2.24, 2.45) is 5.92 Å². The van der Waals surface area contributed by atoms with Gasteiger partial charge >= 0.3 is 0 Å². The highest BCUT2D eigenvalue weighted by atomic mass is 35.5. The molecule has 1 aromatic heterocycles. The standard InChI is InChI=1S/C12H19N3OS.ClH/c1-8(7-13-2)11(16)15-12-14-9-5-3-4-6-10(9)17-12;/h8,13H,3-7H2,1-2H3,(H,14,15,16);1H. The van der Waals surface area contributed by atoms with Crippen LogP contribution in [0.5, 0.6) is 0 Å². The Labute approximate surface area is 118 Å². The second kappa shape index (κ2) is 7.07. The van der Waals surface area contributed by atoms with E-state index in [-0.39, 0.29) is 24.2 Å². The minimum atomic E-state index is -0.0269. The van der Waals surface area contributed by atoms with Crippen LogP contribution in [0.1, 0.15) is 30.3 Å². The summed E-state index contributed by atoms with van der Waals surface area (Å²) in [6, 6.07) is 0. The largest absolute Gasteiger partial charge is 0.319 e. The number of nitrogens with one attached hydrogen (secondary N) is 2. The zero-order chi connectivity index (χ0) is 12.3. The topological polar surface area (TPSA) is 54.0 Å². The minimum Gasteiger partial charge on any atom is -0.319 e. The Kier molecular flexibility index (Phi) is 6.05. The number of anilines is 1. The molecule has 0 radical (unpaired) electrons. The first kappa shape index (κ1) is 15.4. The Morgan fingerprint density at radius 1 is 1.44 bits per heavy atom. The first-order valence-electron chi connectivity index (χ1n) is 6.14. The lowest BCUT2D eigenvalue weighted by Crippen LogP contribution is -2.28. The van der Waals surface area contributed by atoms with Crippen molar-refractivity contribution in [3.8, 4) is 0 Å². The molecule has 2 N–H and O–H groups in total. The number of amides is 1. The molecule has 1 amide bonds. The molecule has 1 heterocycles. The van der Waals surface area contributed by atoms with Crippen LogP contribution in [0.3, 0.4) is 0 Å². The normalized spacial score (nSPS) is 15.4. The average Bonchev–Trinajstić information content (AvgIpc) is 2.71. The first-order valence-corrected chi connectivity index (χ1v) is 6.96. The number of carbonyl (C=O) groups is 1. The van der Waals surface area contributed by atoms with Gasteiger partial charge in [0, 0.05) is 17.3 Å². The predicted octanol–water partition coefficient (Wildman–Crippen LogP) is 2.24. The van der Waals surface area contributed by atoms with Gasteiger partial charge in [0.15, 0.2) is 5.13 Å². The Hall–Kier alpha value is -0.650. The molecule has 1 aliphatic carbocycles. The summed E-state index contributed by atoms with van der Waals surface area (Å²) in [5.74, 6) is 0.0198. The lowest BCUT2D eigenvalue weighted by atomic mass is 10.0. The van der Waals surface area contributed by atoms with Gasteiger partial charge in [-0.15, -0.1) is 23.7 Å². The molecule has 0 saturated carbocycles. The fourth-order valence-electron chi connectivity index (χ4n) is 2.03. The summed E-state index contributed by atoms with van der Waals surface area (Å²) in [7, 11) is 1.85. The lowest BCUT2D eigenvalue weighted by Gasteiger charge is -2.09. The minimum absolute atomic E-state index is 0. The average molecular weight is 290 g/mol. The maximum Gasteiger partial charge on any atom is 0.230 e. The summed E-state index contributed by atoms with van der Waals surface area (Å²) < 4.78 is 0. The number of hydrogen-bond acceptors (Lipinski definition) is 4. The number of aromatic nitrogens is 1. The third-order valence-corrected chi connectivity index (χ3v) is 4.11. The van der Waals surface area contributed by atoms with Crippen molar-refractivity contribution in [1.82, 2.24) is 10.3 Å². The van der Waals surface area contributed by atoms with E-state index in [1.54, 1.807) is 11.3 Å². The predicted molar refractivity (Wildman–Crippen MR) is 77.7 cm³/mol. The molecular weight excluding hydrogens is 270 g/mol. The maximum atomic E-state index is 11.8. The van der Waals surface area contributed by atoms with Crippen molar-refractivity contribution < 1.29 is 4.79 Å². The smallest absolute Gasteiger partial charge is 0.230 e. The van der Waals surface area contributed by atoms with Crippen LogP contribution in [0.15, 0.2) is 0 Å². The van der Waals surface area contributed by atoms with Gasteiger partial charge in [0.25, 0.3) is 0 Å². The summed E-state index contributed by atoms with van der Waals surface area (Å²) in [6.07, 6.45) is 4.65. The molecule has 18 heavy (non-hydrogen) atoms. The highest BCUT2D eigenvalue weighted by Crippen LogP contribution is 2.29. The van der Waals surface area contributed by atoms with E-state index in [4.69, 9.17) is 0 Å². The van der Waals surface area contributed by atoms with Crippen molar-refractivity contribution in [3.63, 3.8) is 0 Å². The molecule has 4 nitrogen and oxygen atoms in total. The molecule has 0 aliphatic heterocycles. The molecule has 102 valence electrons. The molecular formula is C12H20ClN3OS. The molecule has 1 atom stereocenters. The number of rotatable bonds is 4. The summed E-state index contributed by atoms with van der Waals surface area (Å²) in [5.41, 5.74) is 1.19. The fourth-order valence-corrected chi connectivity index (χ4v) is 3.09. The number of carbonyl (C=O) groups excluding carboxylic acids is 1. The molecule has 0 saturated heterocycles. The molecule has 1 aliphatic rings. The number of nitrogens with zero attached hydrogens (tertiary/aromatic N) is 1. The molecule has 2 rings (SSSR count). The Balaban J connectivity index is 0.00000162. The molecule has 0 spiro atoms. The maximum absolute atomic E-state index is 11.8. The molecule has 6 heteroatoms. The monoisotopic (exact) mass is 289 g/mol. The van der Waals surface area contributed by atoms with Gasteiger partial charge in [-0.1, -0.05) is 6.92 Å². The van der Waals surface area contributed by atoms with Crippen molar-refractivity contribution in [1.29, 1.82) is 0 Å². The SMILES string of the molecule is CNCC(C)C(=O)Nc1nc2c(s1)CCCC2.Cl. The summed E-state index contributed by atoms with van der Waals surface area (Å²) >= 11 is 1.64. The second-order valence-corrected chi connectivity index (χ2v) is 5.63. The van der Waals surface area contributed by atoms with E-state index in [9.17, 15) is 4.79 Å². The van der Waals surface area contributed by atoms with Crippen LogP contribution in [0.25, 0.3) is 0 Å². The number of halogens is 1. The zero-order valence-electron chi connectivity index (χ0n) is 10.8. The Morgan fingerprint density at radius 2 is 2.17 bits per heavy atom. The molecule has 1 unspecified atom stereocenters. The Morgan fingerprint density at radius 3 is 2.83 bits per heavy atom. The van der Waals surface area contributed by atoms with Gasteiger partial charge in [0.1, 0.15) is 0 Å². The molecule has 0 fully saturated rings. The first-order chi connectivity index (χ1) is 8.20. The van der Waals surface area contributed by atoms with E-state index < -0.39 is 0 Å². The highest BCUT2D eigenvalue weighted by Gasteiger charge is 2.18.